The van der Waals surface area contributed by atoms with E-state index in [1.807, 2.05) is 0 Å². The van der Waals surface area contributed by atoms with Crippen LogP contribution in [-0.2, 0) is 11.3 Å². The maximum absolute atomic E-state index is 13.2. The van der Waals surface area contributed by atoms with E-state index in [0.29, 0.717) is 27.8 Å². The monoisotopic (exact) mass is 427 g/mol. The molecule has 0 saturated heterocycles. The van der Waals surface area contributed by atoms with E-state index in [4.69, 9.17) is 16.3 Å². The van der Waals surface area contributed by atoms with E-state index in [2.05, 4.69) is 15.4 Å². The Hall–Kier alpha value is -3.72. The molecule has 0 aliphatic rings. The van der Waals surface area contributed by atoms with Crippen LogP contribution in [0.3, 0.4) is 0 Å². The number of methoxy groups -OCH3 is 1. The average Bonchev–Trinajstić information content (AvgIpc) is 3.16. The van der Waals surface area contributed by atoms with Gasteiger partial charge < -0.3 is 10.1 Å². The molecule has 8 nitrogen and oxygen atoms in total. The summed E-state index contributed by atoms with van der Waals surface area (Å²) in [5, 5.41) is 7.49. The number of hydrogen-bond donors (Lipinski definition) is 1. The van der Waals surface area contributed by atoms with Crippen LogP contribution in [0.4, 0.5) is 10.1 Å². The van der Waals surface area contributed by atoms with Crippen molar-refractivity contribution in [2.24, 2.45) is 0 Å². The molecule has 1 N–H and O–H groups in total. The second-order valence-corrected chi connectivity index (χ2v) is 6.78. The molecule has 30 heavy (non-hydrogen) atoms. The van der Waals surface area contributed by atoms with Crippen molar-refractivity contribution in [1.82, 2.24) is 19.3 Å². The summed E-state index contributed by atoms with van der Waals surface area (Å²) in [6.07, 6.45) is 2.63. The number of anilines is 1. The van der Waals surface area contributed by atoms with E-state index in [1.165, 1.54) is 53.1 Å². The van der Waals surface area contributed by atoms with Gasteiger partial charge in [-0.2, -0.15) is 5.10 Å². The minimum absolute atomic E-state index is 0.231. The van der Waals surface area contributed by atoms with E-state index in [0.717, 1.165) is 0 Å². The molecule has 0 saturated carbocycles. The van der Waals surface area contributed by atoms with Crippen molar-refractivity contribution in [3.05, 3.63) is 76.2 Å². The first-order valence-corrected chi connectivity index (χ1v) is 9.16. The lowest BCUT2D eigenvalue weighted by Crippen LogP contribution is -2.28. The maximum atomic E-state index is 13.2. The normalized spacial score (nSPS) is 10.9. The third-order valence-corrected chi connectivity index (χ3v) is 4.61. The van der Waals surface area contributed by atoms with Crippen molar-refractivity contribution in [3.8, 4) is 11.4 Å². The quantitative estimate of drug-likeness (QED) is 0.528. The highest BCUT2D eigenvalue weighted by atomic mass is 35.5. The van der Waals surface area contributed by atoms with Crippen molar-refractivity contribution < 1.29 is 13.9 Å². The van der Waals surface area contributed by atoms with E-state index in [1.54, 1.807) is 18.2 Å². The molecule has 0 atom stereocenters. The number of fused-ring (bicyclic) bond motifs is 1. The number of halogens is 2. The number of benzene rings is 2. The number of carbonyl (C=O) groups excluding carboxylic acids is 1. The molecule has 0 bridgehead atoms. The standard InChI is InChI=1S/C20H15ClFN5O3/c1-30-17-7-2-12(21)8-16(17)25-18(28)10-26-11-23-19-15(20(26)29)9-24-27(19)14-5-3-13(22)4-6-14/h2-9,11H,10H2,1H3,(H,25,28). The Morgan fingerprint density at radius 3 is 2.73 bits per heavy atom. The van der Waals surface area contributed by atoms with Crippen molar-refractivity contribution in [3.63, 3.8) is 0 Å². The van der Waals surface area contributed by atoms with Gasteiger partial charge in [0.2, 0.25) is 5.91 Å². The molecule has 2 heterocycles. The largest absolute Gasteiger partial charge is 0.495 e. The summed E-state index contributed by atoms with van der Waals surface area (Å²) in [5.41, 5.74) is 0.824. The van der Waals surface area contributed by atoms with Crippen LogP contribution in [0.5, 0.6) is 5.75 Å². The number of rotatable bonds is 5. The van der Waals surface area contributed by atoms with E-state index >= 15 is 0 Å². The van der Waals surface area contributed by atoms with Crippen molar-refractivity contribution in [1.29, 1.82) is 0 Å². The molecule has 1 amide bonds. The van der Waals surface area contributed by atoms with Gasteiger partial charge in [-0.15, -0.1) is 0 Å². The minimum Gasteiger partial charge on any atom is -0.495 e. The molecule has 4 rings (SSSR count). The Labute approximate surface area is 174 Å². The summed E-state index contributed by atoms with van der Waals surface area (Å²) in [5.74, 6) is -0.396. The zero-order chi connectivity index (χ0) is 21.3. The smallest absolute Gasteiger partial charge is 0.264 e. The molecule has 2 aromatic carbocycles. The van der Waals surface area contributed by atoms with Gasteiger partial charge in [0.25, 0.3) is 5.56 Å². The lowest BCUT2D eigenvalue weighted by atomic mass is 10.3. The van der Waals surface area contributed by atoms with Crippen LogP contribution in [0.2, 0.25) is 5.02 Å². The first-order chi connectivity index (χ1) is 14.5. The Morgan fingerprint density at radius 2 is 2.00 bits per heavy atom. The Bertz CT molecular complexity index is 1300. The van der Waals surface area contributed by atoms with Crippen LogP contribution >= 0.6 is 11.6 Å². The zero-order valence-corrected chi connectivity index (χ0v) is 16.4. The second-order valence-electron chi connectivity index (χ2n) is 6.34. The van der Waals surface area contributed by atoms with Crippen LogP contribution in [0, 0.1) is 5.82 Å². The number of nitrogens with zero attached hydrogens (tertiary/aromatic N) is 4. The van der Waals surface area contributed by atoms with Crippen LogP contribution in [0.25, 0.3) is 16.7 Å². The molecule has 0 aliphatic carbocycles. The molecule has 0 radical (unpaired) electrons. The van der Waals surface area contributed by atoms with Gasteiger partial charge in [-0.1, -0.05) is 11.6 Å². The second kappa shape index (κ2) is 7.96. The highest BCUT2D eigenvalue weighted by Gasteiger charge is 2.14. The Kier molecular flexibility index (Phi) is 5.20. The predicted octanol–water partition coefficient (Wildman–Crippen LogP) is 3.02. The molecule has 0 aliphatic heterocycles. The predicted molar refractivity (Wildman–Crippen MR) is 110 cm³/mol. The Morgan fingerprint density at radius 1 is 1.23 bits per heavy atom. The third-order valence-electron chi connectivity index (χ3n) is 4.38. The van der Waals surface area contributed by atoms with Crippen LogP contribution in [0.15, 0.2) is 59.8 Å². The fraction of sp³-hybridized carbons (Fsp3) is 0.100. The lowest BCUT2D eigenvalue weighted by molar-refractivity contribution is -0.116. The zero-order valence-electron chi connectivity index (χ0n) is 15.7. The molecular weight excluding hydrogens is 413 g/mol. The summed E-state index contributed by atoms with van der Waals surface area (Å²) in [7, 11) is 1.47. The van der Waals surface area contributed by atoms with Crippen LogP contribution in [-0.4, -0.2) is 32.3 Å². The van der Waals surface area contributed by atoms with E-state index in [9.17, 15) is 14.0 Å². The lowest BCUT2D eigenvalue weighted by Gasteiger charge is -2.11. The van der Waals surface area contributed by atoms with Crippen molar-refractivity contribution >= 4 is 34.2 Å². The molecule has 0 spiro atoms. The highest BCUT2D eigenvalue weighted by molar-refractivity contribution is 6.31. The molecule has 10 heteroatoms. The van der Waals surface area contributed by atoms with E-state index in [-0.39, 0.29) is 17.7 Å². The van der Waals surface area contributed by atoms with Gasteiger partial charge in [0, 0.05) is 5.02 Å². The fourth-order valence-corrected chi connectivity index (χ4v) is 3.13. The van der Waals surface area contributed by atoms with Gasteiger partial charge in [0.15, 0.2) is 5.65 Å². The summed E-state index contributed by atoms with van der Waals surface area (Å²) < 4.78 is 21.0. The van der Waals surface area contributed by atoms with Gasteiger partial charge >= 0.3 is 0 Å². The number of amides is 1. The van der Waals surface area contributed by atoms with E-state index < -0.39 is 11.5 Å². The first-order valence-electron chi connectivity index (χ1n) is 8.79. The summed E-state index contributed by atoms with van der Waals surface area (Å²) in [6, 6.07) is 10.5. The SMILES string of the molecule is COc1ccc(Cl)cc1NC(=O)Cn1cnc2c(cnn2-c2ccc(F)cc2)c1=O. The Balaban J connectivity index is 1.60. The topological polar surface area (TPSA) is 91.0 Å². The minimum atomic E-state index is -0.454. The molecule has 0 fully saturated rings. The number of ether oxygens (including phenoxy) is 1. The van der Waals surface area contributed by atoms with Crippen molar-refractivity contribution in [2.75, 3.05) is 12.4 Å². The highest BCUT2D eigenvalue weighted by Crippen LogP contribution is 2.27. The van der Waals surface area contributed by atoms with Gasteiger partial charge in [-0.05, 0) is 42.5 Å². The maximum Gasteiger partial charge on any atom is 0.264 e. The molecule has 4 aromatic rings. The molecular formula is C20H15ClFN5O3. The first kappa shape index (κ1) is 19.6. The number of hydrogen-bond acceptors (Lipinski definition) is 5. The number of aromatic nitrogens is 4. The summed E-state index contributed by atoms with van der Waals surface area (Å²) >= 11 is 5.97. The van der Waals surface area contributed by atoms with Gasteiger partial charge in [-0.3, -0.25) is 14.2 Å². The van der Waals surface area contributed by atoms with Crippen LogP contribution < -0.4 is 15.6 Å². The third kappa shape index (κ3) is 3.74. The van der Waals surface area contributed by atoms with Gasteiger partial charge in [0.05, 0.1) is 24.7 Å². The fourth-order valence-electron chi connectivity index (χ4n) is 2.95. The summed E-state index contributed by atoms with van der Waals surface area (Å²) in [4.78, 5) is 29.5. The van der Waals surface area contributed by atoms with Crippen molar-refractivity contribution in [2.45, 2.75) is 6.54 Å². The van der Waals surface area contributed by atoms with Crippen LogP contribution in [0.1, 0.15) is 0 Å². The molecule has 0 unspecified atom stereocenters. The number of nitrogens with one attached hydrogen (secondary N) is 1. The van der Waals surface area contributed by atoms with Gasteiger partial charge in [0.1, 0.15) is 29.8 Å². The average molecular weight is 428 g/mol. The molecule has 2 aromatic heterocycles. The van der Waals surface area contributed by atoms with Gasteiger partial charge in [-0.25, -0.2) is 14.1 Å². The number of carbonyl (C=O) groups is 1. The molecule has 152 valence electrons. The summed E-state index contributed by atoms with van der Waals surface area (Å²) in [6.45, 7) is -0.265.